The molecule has 3 nitrogen and oxygen atoms in total. The second kappa shape index (κ2) is 6.50. The maximum absolute atomic E-state index is 12.5. The van der Waals surface area contributed by atoms with Crippen molar-refractivity contribution in [1.29, 1.82) is 0 Å². The first-order valence-corrected chi connectivity index (χ1v) is 7.22. The smallest absolute Gasteiger partial charge is 0.416 e. The molecule has 2 N–H and O–H groups in total. The van der Waals surface area contributed by atoms with Crippen LogP contribution in [0.5, 0.6) is 0 Å². The predicted molar refractivity (Wildman–Crippen MR) is 78.5 cm³/mol. The van der Waals surface area contributed by atoms with Crippen LogP contribution in [0, 0.1) is 0 Å². The molecule has 1 unspecified atom stereocenters. The number of methoxy groups -OCH3 is 1. The molecule has 0 saturated carbocycles. The molecule has 0 saturated heterocycles. The van der Waals surface area contributed by atoms with E-state index in [-0.39, 0.29) is 0 Å². The van der Waals surface area contributed by atoms with Crippen molar-refractivity contribution >= 4 is 17.3 Å². The number of ether oxygens (including phenoxy) is 1. The van der Waals surface area contributed by atoms with Gasteiger partial charge in [-0.2, -0.15) is 13.2 Å². The van der Waals surface area contributed by atoms with Crippen LogP contribution in [0.3, 0.4) is 0 Å². The molecule has 2 aromatic rings. The van der Waals surface area contributed by atoms with E-state index in [0.29, 0.717) is 12.0 Å². The second-order valence-corrected chi connectivity index (χ2v) is 5.84. The molecule has 1 aromatic heterocycles. The van der Waals surface area contributed by atoms with Gasteiger partial charge in [-0.25, -0.2) is 0 Å². The minimum atomic E-state index is -4.34. The van der Waals surface area contributed by atoms with Gasteiger partial charge in [-0.3, -0.25) is 4.79 Å². The zero-order valence-electron chi connectivity index (χ0n) is 11.7. The molecule has 22 heavy (non-hydrogen) atoms. The van der Waals surface area contributed by atoms with E-state index in [1.165, 1.54) is 30.6 Å². The molecular formula is C15H14F3NO2S. The van der Waals surface area contributed by atoms with Gasteiger partial charge in [-0.1, -0.05) is 12.1 Å². The van der Waals surface area contributed by atoms with Crippen LogP contribution in [0.2, 0.25) is 0 Å². The number of halogens is 3. The Labute approximate surface area is 129 Å². The zero-order valence-corrected chi connectivity index (χ0v) is 12.5. The molecular weight excluding hydrogens is 315 g/mol. The fraction of sp³-hybridized carbons (Fsp3) is 0.267. The number of thiophene rings is 1. The van der Waals surface area contributed by atoms with Gasteiger partial charge in [0.15, 0.2) is 0 Å². The lowest BCUT2D eigenvalue weighted by Crippen LogP contribution is -2.33. The molecule has 0 fully saturated rings. The monoisotopic (exact) mass is 329 g/mol. The summed E-state index contributed by atoms with van der Waals surface area (Å²) in [7, 11) is 1.27. The minimum Gasteiger partial charge on any atom is -0.468 e. The third-order valence-electron chi connectivity index (χ3n) is 3.08. The van der Waals surface area contributed by atoms with Gasteiger partial charge in [0.1, 0.15) is 6.04 Å². The molecule has 2 rings (SSSR count). The predicted octanol–water partition coefficient (Wildman–Crippen LogP) is 3.48. The Morgan fingerprint density at radius 2 is 1.86 bits per heavy atom. The number of alkyl halides is 3. The Bertz CT molecular complexity index is 650. The number of carbonyl (C=O) groups excluding carboxylic acids is 1. The zero-order chi connectivity index (χ0) is 16.3. The highest BCUT2D eigenvalue weighted by atomic mass is 32.1. The van der Waals surface area contributed by atoms with Crippen LogP contribution in [0.25, 0.3) is 10.4 Å². The van der Waals surface area contributed by atoms with E-state index in [4.69, 9.17) is 5.73 Å². The summed E-state index contributed by atoms with van der Waals surface area (Å²) in [6.07, 6.45) is -4.01. The van der Waals surface area contributed by atoms with Crippen LogP contribution in [-0.2, 0) is 22.1 Å². The first kappa shape index (κ1) is 16.5. The summed E-state index contributed by atoms with van der Waals surface area (Å²) in [5.41, 5.74) is 5.69. The van der Waals surface area contributed by atoms with Crippen LogP contribution in [0.1, 0.15) is 10.4 Å². The Balaban J connectivity index is 2.13. The normalized spacial score (nSPS) is 13.0. The summed E-state index contributed by atoms with van der Waals surface area (Å²) >= 11 is 1.39. The Kier molecular flexibility index (Phi) is 4.87. The number of rotatable bonds is 4. The van der Waals surface area contributed by atoms with Crippen molar-refractivity contribution < 1.29 is 22.7 Å². The van der Waals surface area contributed by atoms with Gasteiger partial charge < -0.3 is 10.5 Å². The molecule has 0 radical (unpaired) electrons. The van der Waals surface area contributed by atoms with Crippen molar-refractivity contribution in [3.63, 3.8) is 0 Å². The molecule has 0 amide bonds. The molecule has 0 aliphatic carbocycles. The fourth-order valence-corrected chi connectivity index (χ4v) is 2.99. The van der Waals surface area contributed by atoms with Crippen LogP contribution < -0.4 is 5.73 Å². The van der Waals surface area contributed by atoms with E-state index in [9.17, 15) is 18.0 Å². The summed E-state index contributed by atoms with van der Waals surface area (Å²) in [6.45, 7) is 0. The second-order valence-electron chi connectivity index (χ2n) is 4.67. The lowest BCUT2D eigenvalue weighted by atomic mass is 10.1. The van der Waals surface area contributed by atoms with E-state index in [1.54, 1.807) is 12.1 Å². The third-order valence-corrected chi connectivity index (χ3v) is 4.24. The average Bonchev–Trinajstić information content (AvgIpc) is 2.94. The van der Waals surface area contributed by atoms with Crippen molar-refractivity contribution in [3.05, 3.63) is 46.8 Å². The van der Waals surface area contributed by atoms with Gasteiger partial charge in [0.05, 0.1) is 12.7 Å². The van der Waals surface area contributed by atoms with Crippen LogP contribution in [0.4, 0.5) is 13.2 Å². The highest BCUT2D eigenvalue weighted by molar-refractivity contribution is 7.15. The molecule has 0 spiro atoms. The lowest BCUT2D eigenvalue weighted by molar-refractivity contribution is -0.142. The van der Waals surface area contributed by atoms with Gasteiger partial charge in [0.2, 0.25) is 0 Å². The summed E-state index contributed by atoms with van der Waals surface area (Å²) in [5, 5.41) is 0. The number of nitrogens with two attached hydrogens (primary N) is 1. The quantitative estimate of drug-likeness (QED) is 0.874. The van der Waals surface area contributed by atoms with E-state index in [1.807, 2.05) is 0 Å². The molecule has 118 valence electrons. The van der Waals surface area contributed by atoms with E-state index >= 15 is 0 Å². The number of hydrogen-bond acceptors (Lipinski definition) is 4. The number of benzene rings is 1. The highest BCUT2D eigenvalue weighted by Gasteiger charge is 2.30. The van der Waals surface area contributed by atoms with Gasteiger partial charge in [0.25, 0.3) is 0 Å². The lowest BCUT2D eigenvalue weighted by Gasteiger charge is -2.07. The first-order valence-electron chi connectivity index (χ1n) is 6.41. The molecule has 1 heterocycles. The third kappa shape index (κ3) is 3.86. The maximum atomic E-state index is 12.5. The van der Waals surface area contributed by atoms with Crippen LogP contribution in [0.15, 0.2) is 36.4 Å². The molecule has 0 bridgehead atoms. The van der Waals surface area contributed by atoms with E-state index < -0.39 is 23.8 Å². The molecule has 0 aliphatic heterocycles. The van der Waals surface area contributed by atoms with Gasteiger partial charge in [-0.15, -0.1) is 11.3 Å². The van der Waals surface area contributed by atoms with Crippen LogP contribution >= 0.6 is 11.3 Å². The SMILES string of the molecule is COC(=O)C(N)Cc1ccc(-c2ccc(C(F)(F)F)cc2)s1. The fourth-order valence-electron chi connectivity index (χ4n) is 1.92. The van der Waals surface area contributed by atoms with Crippen molar-refractivity contribution in [1.82, 2.24) is 0 Å². The average molecular weight is 329 g/mol. The minimum absolute atomic E-state index is 0.331. The van der Waals surface area contributed by atoms with Gasteiger partial charge >= 0.3 is 12.1 Å². The Hall–Kier alpha value is -1.86. The van der Waals surface area contributed by atoms with Crippen LogP contribution in [-0.4, -0.2) is 19.1 Å². The van der Waals surface area contributed by atoms with Crippen molar-refractivity contribution in [2.45, 2.75) is 18.6 Å². The number of hydrogen-bond donors (Lipinski definition) is 1. The van der Waals surface area contributed by atoms with Gasteiger partial charge in [0, 0.05) is 16.2 Å². The summed E-state index contributed by atoms with van der Waals surface area (Å²) in [6, 6.07) is 7.82. The number of esters is 1. The maximum Gasteiger partial charge on any atom is 0.416 e. The Morgan fingerprint density at radius 1 is 1.23 bits per heavy atom. The largest absolute Gasteiger partial charge is 0.468 e. The molecule has 7 heteroatoms. The van der Waals surface area contributed by atoms with Crippen molar-refractivity contribution in [2.75, 3.05) is 7.11 Å². The van der Waals surface area contributed by atoms with Crippen molar-refractivity contribution in [3.8, 4) is 10.4 Å². The topological polar surface area (TPSA) is 52.3 Å². The highest BCUT2D eigenvalue weighted by Crippen LogP contribution is 2.33. The van der Waals surface area contributed by atoms with E-state index in [0.717, 1.165) is 21.9 Å². The molecule has 0 aliphatic rings. The van der Waals surface area contributed by atoms with Gasteiger partial charge in [-0.05, 0) is 29.8 Å². The standard InChI is InChI=1S/C15H14F3NO2S/c1-21-14(20)12(19)8-11-6-7-13(22-11)9-2-4-10(5-3-9)15(16,17)18/h2-7,12H,8,19H2,1H3. The van der Waals surface area contributed by atoms with Crippen molar-refractivity contribution in [2.24, 2.45) is 5.73 Å². The summed E-state index contributed by atoms with van der Waals surface area (Å²) in [4.78, 5) is 13.0. The summed E-state index contributed by atoms with van der Waals surface area (Å²) < 4.78 is 42.1. The first-order chi connectivity index (χ1) is 10.3. The molecule has 1 atom stereocenters. The number of carbonyl (C=O) groups is 1. The van der Waals surface area contributed by atoms with E-state index in [2.05, 4.69) is 4.74 Å². The summed E-state index contributed by atoms with van der Waals surface area (Å²) in [5.74, 6) is -0.496. The molecule has 1 aromatic carbocycles. The Morgan fingerprint density at radius 3 is 2.41 bits per heavy atom.